The lowest BCUT2D eigenvalue weighted by atomic mass is 10.1. The lowest BCUT2D eigenvalue weighted by Gasteiger charge is -2.14. The predicted octanol–water partition coefficient (Wildman–Crippen LogP) is 1.81. The van der Waals surface area contributed by atoms with Gasteiger partial charge in [-0.15, -0.1) is 0 Å². The van der Waals surface area contributed by atoms with Crippen molar-refractivity contribution in [2.75, 3.05) is 19.8 Å². The third kappa shape index (κ3) is 4.69. The zero-order valence-corrected chi connectivity index (χ0v) is 15.7. The molecule has 0 fully saturated rings. The number of hydrogen-bond acceptors (Lipinski definition) is 5. The van der Waals surface area contributed by atoms with E-state index in [1.807, 2.05) is 53.7 Å². The van der Waals surface area contributed by atoms with Crippen LogP contribution in [0.3, 0.4) is 0 Å². The van der Waals surface area contributed by atoms with Crippen molar-refractivity contribution in [3.8, 4) is 17.5 Å². The summed E-state index contributed by atoms with van der Waals surface area (Å²) in [6, 6.07) is 17.1. The molecule has 1 amide bonds. The Balaban J connectivity index is 1.55. The van der Waals surface area contributed by atoms with E-state index in [2.05, 4.69) is 32.7 Å². The van der Waals surface area contributed by atoms with E-state index in [9.17, 15) is 4.79 Å². The average molecular weight is 384 g/mol. The summed E-state index contributed by atoms with van der Waals surface area (Å²) in [7, 11) is 0. The van der Waals surface area contributed by atoms with Crippen molar-refractivity contribution in [3.05, 3.63) is 83.7 Å². The monoisotopic (exact) mass is 384 g/mol. The second kappa shape index (κ2) is 8.87. The van der Waals surface area contributed by atoms with Gasteiger partial charge < -0.3 is 5.32 Å². The number of hydrogen-bond donors (Lipinski definition) is 2. The zero-order valence-electron chi connectivity index (χ0n) is 15.7. The Morgan fingerprint density at radius 1 is 1.14 bits per heavy atom. The molecule has 0 spiro atoms. The van der Waals surface area contributed by atoms with Gasteiger partial charge in [-0.25, -0.2) is 10.1 Å². The molecule has 0 saturated heterocycles. The molecule has 4 rings (SSSR count). The normalized spacial score (nSPS) is 12.5. The molecule has 2 N–H and O–H groups in total. The molecule has 0 atom stereocenters. The minimum atomic E-state index is -0.143. The molecule has 7 heteroatoms. The topological polar surface area (TPSA) is 74.6 Å². The number of carbonyl (C=O) groups is 1. The molecular weight excluding hydrogens is 364 g/mol. The van der Waals surface area contributed by atoms with Crippen LogP contribution in [0.15, 0.2) is 72.0 Å². The van der Waals surface area contributed by atoms with Crippen molar-refractivity contribution >= 4 is 12.2 Å². The van der Waals surface area contributed by atoms with Crippen LogP contribution in [-0.2, 0) is 0 Å². The highest BCUT2D eigenvalue weighted by molar-refractivity contribution is 5.95. The SMILES string of the molecule is O=C(NCCN1C=NCN1)c1ccc(-n2cccn2)c(C#Cc2ccccc2)c1. The number of nitrogens with one attached hydrogen (secondary N) is 2. The van der Waals surface area contributed by atoms with Gasteiger partial charge in [0.2, 0.25) is 0 Å². The average Bonchev–Trinajstić information content (AvgIpc) is 3.47. The fourth-order valence-electron chi connectivity index (χ4n) is 2.89. The van der Waals surface area contributed by atoms with E-state index in [1.54, 1.807) is 29.3 Å². The molecule has 144 valence electrons. The van der Waals surface area contributed by atoms with Crippen LogP contribution in [0, 0.1) is 11.8 Å². The molecule has 7 nitrogen and oxygen atoms in total. The second-order valence-corrected chi connectivity index (χ2v) is 6.36. The quantitative estimate of drug-likeness (QED) is 0.658. The summed E-state index contributed by atoms with van der Waals surface area (Å²) in [6.45, 7) is 1.72. The van der Waals surface area contributed by atoms with Crippen LogP contribution in [0.25, 0.3) is 5.69 Å². The molecule has 0 bridgehead atoms. The summed E-state index contributed by atoms with van der Waals surface area (Å²) in [5, 5.41) is 9.07. The van der Waals surface area contributed by atoms with Gasteiger partial charge in [0, 0.05) is 30.1 Å². The highest BCUT2D eigenvalue weighted by Gasteiger charge is 2.11. The zero-order chi connectivity index (χ0) is 19.9. The highest BCUT2D eigenvalue weighted by atomic mass is 16.1. The third-order valence-corrected chi connectivity index (χ3v) is 4.35. The van der Waals surface area contributed by atoms with Gasteiger partial charge in [0.05, 0.1) is 17.8 Å². The fraction of sp³-hybridized carbons (Fsp3) is 0.136. The second-order valence-electron chi connectivity index (χ2n) is 6.36. The summed E-state index contributed by atoms with van der Waals surface area (Å²) in [5.41, 5.74) is 6.10. The third-order valence-electron chi connectivity index (χ3n) is 4.35. The molecule has 0 saturated carbocycles. The Morgan fingerprint density at radius 2 is 2.03 bits per heavy atom. The van der Waals surface area contributed by atoms with Crippen LogP contribution >= 0.6 is 0 Å². The number of hydrazine groups is 1. The van der Waals surface area contributed by atoms with Crippen molar-refractivity contribution in [1.82, 2.24) is 25.5 Å². The number of aliphatic imine (C=N–C) groups is 1. The van der Waals surface area contributed by atoms with E-state index in [-0.39, 0.29) is 5.91 Å². The van der Waals surface area contributed by atoms with Crippen LogP contribution in [0.5, 0.6) is 0 Å². The molecule has 1 aromatic heterocycles. The molecule has 2 aromatic carbocycles. The minimum absolute atomic E-state index is 0.143. The van der Waals surface area contributed by atoms with E-state index < -0.39 is 0 Å². The number of aromatic nitrogens is 2. The predicted molar refractivity (Wildman–Crippen MR) is 112 cm³/mol. The largest absolute Gasteiger partial charge is 0.350 e. The van der Waals surface area contributed by atoms with Gasteiger partial charge >= 0.3 is 0 Å². The summed E-state index contributed by atoms with van der Waals surface area (Å²) in [5.74, 6) is 6.20. The molecule has 0 aliphatic carbocycles. The Hall–Kier alpha value is -3.89. The van der Waals surface area contributed by atoms with Crippen molar-refractivity contribution in [3.63, 3.8) is 0 Å². The van der Waals surface area contributed by atoms with Crippen molar-refractivity contribution < 1.29 is 4.79 Å². The minimum Gasteiger partial charge on any atom is -0.350 e. The van der Waals surface area contributed by atoms with Crippen LogP contribution in [0.2, 0.25) is 0 Å². The molecule has 0 unspecified atom stereocenters. The first kappa shape index (κ1) is 18.5. The van der Waals surface area contributed by atoms with Gasteiger partial charge in [0.25, 0.3) is 5.91 Å². The van der Waals surface area contributed by atoms with Gasteiger partial charge in [-0.3, -0.25) is 14.8 Å². The summed E-state index contributed by atoms with van der Waals surface area (Å²) in [6.07, 6.45) is 5.29. The van der Waals surface area contributed by atoms with Gasteiger partial charge in [0.15, 0.2) is 0 Å². The molecular formula is C22H20N6O. The number of benzene rings is 2. The first-order valence-electron chi connectivity index (χ1n) is 9.29. The smallest absolute Gasteiger partial charge is 0.251 e. The van der Waals surface area contributed by atoms with Gasteiger partial charge in [0.1, 0.15) is 13.0 Å². The van der Waals surface area contributed by atoms with Crippen molar-refractivity contribution in [2.45, 2.75) is 0 Å². The Bertz CT molecular complexity index is 1060. The molecule has 2 heterocycles. The van der Waals surface area contributed by atoms with E-state index in [0.717, 1.165) is 16.8 Å². The maximum Gasteiger partial charge on any atom is 0.251 e. The molecule has 3 aromatic rings. The van der Waals surface area contributed by atoms with Crippen LogP contribution in [0.1, 0.15) is 21.5 Å². The maximum absolute atomic E-state index is 12.6. The number of amides is 1. The molecule has 0 radical (unpaired) electrons. The van der Waals surface area contributed by atoms with Gasteiger partial charge in [-0.1, -0.05) is 30.0 Å². The molecule has 1 aliphatic heterocycles. The van der Waals surface area contributed by atoms with Crippen LogP contribution in [-0.4, -0.2) is 46.8 Å². The Labute approximate surface area is 169 Å². The number of nitrogens with zero attached hydrogens (tertiary/aromatic N) is 4. The lowest BCUT2D eigenvalue weighted by molar-refractivity contribution is 0.0950. The van der Waals surface area contributed by atoms with Gasteiger partial charge in [-0.05, 0) is 36.4 Å². The van der Waals surface area contributed by atoms with Crippen LogP contribution < -0.4 is 10.7 Å². The standard InChI is InChI=1S/C22H20N6O/c29-22(24-12-14-27-17-23-16-26-27)20-9-10-21(28-13-4-11-25-28)19(15-20)8-7-18-5-2-1-3-6-18/h1-6,9-11,13,15,17,26H,12,14,16H2,(H,24,29). The van der Waals surface area contributed by atoms with Gasteiger partial charge in [-0.2, -0.15) is 5.10 Å². The first-order valence-corrected chi connectivity index (χ1v) is 9.29. The van der Waals surface area contributed by atoms with Crippen LogP contribution in [0.4, 0.5) is 0 Å². The molecule has 29 heavy (non-hydrogen) atoms. The number of rotatable bonds is 5. The van der Waals surface area contributed by atoms with Crippen molar-refractivity contribution in [1.29, 1.82) is 0 Å². The summed E-state index contributed by atoms with van der Waals surface area (Å²) < 4.78 is 1.75. The Morgan fingerprint density at radius 3 is 2.79 bits per heavy atom. The maximum atomic E-state index is 12.6. The van der Waals surface area contributed by atoms with E-state index in [4.69, 9.17) is 0 Å². The first-order chi connectivity index (χ1) is 14.3. The van der Waals surface area contributed by atoms with E-state index >= 15 is 0 Å². The Kier molecular flexibility index (Phi) is 5.65. The van der Waals surface area contributed by atoms with E-state index in [0.29, 0.717) is 25.3 Å². The summed E-state index contributed by atoms with van der Waals surface area (Å²) in [4.78, 5) is 16.7. The number of carbonyl (C=O) groups excluding carboxylic acids is 1. The fourth-order valence-corrected chi connectivity index (χ4v) is 2.89. The molecule has 1 aliphatic rings. The van der Waals surface area contributed by atoms with E-state index in [1.165, 1.54) is 0 Å². The lowest BCUT2D eigenvalue weighted by Crippen LogP contribution is -2.38. The highest BCUT2D eigenvalue weighted by Crippen LogP contribution is 2.16. The summed E-state index contributed by atoms with van der Waals surface area (Å²) >= 11 is 0. The van der Waals surface area contributed by atoms with Crippen molar-refractivity contribution in [2.24, 2.45) is 4.99 Å².